The molecule has 0 spiro atoms. The molecule has 0 bridgehead atoms. The van der Waals surface area contributed by atoms with E-state index in [1.54, 1.807) is 6.92 Å². The first-order chi connectivity index (χ1) is 8.71. The summed E-state index contributed by atoms with van der Waals surface area (Å²) in [4.78, 5) is 10.8. The second kappa shape index (κ2) is 6.09. The molecule has 1 rings (SSSR count). The van der Waals surface area contributed by atoms with E-state index in [4.69, 9.17) is 28.3 Å². The molecule has 1 atom stereocenters. The number of likely N-dealkylation sites (N-methyl/N-ethyl adjacent to an activating group) is 1. The maximum Gasteiger partial charge on any atom is 0.321 e. The van der Waals surface area contributed by atoms with Crippen LogP contribution in [0.25, 0.3) is 0 Å². The summed E-state index contributed by atoms with van der Waals surface area (Å²) < 4.78 is 25.4. The van der Waals surface area contributed by atoms with Gasteiger partial charge in [0.1, 0.15) is 10.9 Å². The van der Waals surface area contributed by atoms with E-state index in [1.807, 2.05) is 0 Å². The molecule has 8 heteroatoms. The number of carbonyl (C=O) groups is 1. The van der Waals surface area contributed by atoms with Gasteiger partial charge in [-0.25, -0.2) is 8.42 Å². The van der Waals surface area contributed by atoms with Gasteiger partial charge in [-0.1, -0.05) is 30.1 Å². The fraction of sp³-hybridized carbons (Fsp3) is 0.364. The molecule has 0 aliphatic heterocycles. The van der Waals surface area contributed by atoms with Crippen LogP contribution in [0.15, 0.2) is 23.1 Å². The molecule has 0 saturated carbocycles. The number of sulfonamides is 1. The molecular formula is C11H13Cl2NO4S. The summed E-state index contributed by atoms with van der Waals surface area (Å²) >= 11 is 11.6. The van der Waals surface area contributed by atoms with Gasteiger partial charge in [0.15, 0.2) is 0 Å². The molecule has 0 heterocycles. The number of rotatable bonds is 5. The fourth-order valence-electron chi connectivity index (χ4n) is 1.58. The van der Waals surface area contributed by atoms with Crippen LogP contribution in [0.2, 0.25) is 10.0 Å². The monoisotopic (exact) mass is 325 g/mol. The molecule has 0 amide bonds. The molecule has 0 aliphatic carbocycles. The van der Waals surface area contributed by atoms with E-state index in [1.165, 1.54) is 25.2 Å². The minimum absolute atomic E-state index is 0.00325. The summed E-state index contributed by atoms with van der Waals surface area (Å²) in [5.41, 5.74) is 0. The summed E-state index contributed by atoms with van der Waals surface area (Å²) in [6.45, 7) is 1.59. The van der Waals surface area contributed by atoms with Crippen molar-refractivity contribution in [1.82, 2.24) is 4.31 Å². The Bertz CT molecular complexity index is 588. The topological polar surface area (TPSA) is 74.7 Å². The molecule has 0 radical (unpaired) electrons. The maximum absolute atomic E-state index is 12.3. The molecule has 1 unspecified atom stereocenters. The van der Waals surface area contributed by atoms with Gasteiger partial charge < -0.3 is 5.11 Å². The van der Waals surface area contributed by atoms with E-state index in [-0.39, 0.29) is 21.4 Å². The normalized spacial score (nSPS) is 13.5. The van der Waals surface area contributed by atoms with Crippen LogP contribution in [-0.4, -0.2) is 36.9 Å². The largest absolute Gasteiger partial charge is 0.480 e. The molecule has 5 nitrogen and oxygen atoms in total. The Morgan fingerprint density at radius 1 is 1.42 bits per heavy atom. The first kappa shape index (κ1) is 16.2. The van der Waals surface area contributed by atoms with Crippen molar-refractivity contribution in [2.75, 3.05) is 7.05 Å². The summed E-state index contributed by atoms with van der Waals surface area (Å²) in [5, 5.41) is 9.22. The average molecular weight is 326 g/mol. The van der Waals surface area contributed by atoms with Crippen LogP contribution < -0.4 is 0 Å². The lowest BCUT2D eigenvalue weighted by Crippen LogP contribution is -2.41. The lowest BCUT2D eigenvalue weighted by Gasteiger charge is -2.23. The molecule has 19 heavy (non-hydrogen) atoms. The summed E-state index contributed by atoms with van der Waals surface area (Å²) in [7, 11) is -2.81. The minimum Gasteiger partial charge on any atom is -0.480 e. The number of carboxylic acid groups (broad SMARTS) is 1. The number of hydrogen-bond acceptors (Lipinski definition) is 3. The summed E-state index contributed by atoms with van der Waals surface area (Å²) in [6, 6.07) is 2.86. The predicted octanol–water partition coefficient (Wildman–Crippen LogP) is 2.48. The van der Waals surface area contributed by atoms with Gasteiger partial charge in [0.25, 0.3) is 0 Å². The van der Waals surface area contributed by atoms with Gasteiger partial charge in [0.05, 0.1) is 5.02 Å². The Morgan fingerprint density at radius 3 is 2.47 bits per heavy atom. The third kappa shape index (κ3) is 3.39. The van der Waals surface area contributed by atoms with E-state index >= 15 is 0 Å². The van der Waals surface area contributed by atoms with Crippen molar-refractivity contribution in [2.45, 2.75) is 24.3 Å². The smallest absolute Gasteiger partial charge is 0.321 e. The lowest BCUT2D eigenvalue weighted by molar-refractivity contribution is -0.141. The molecule has 0 fully saturated rings. The lowest BCUT2D eigenvalue weighted by atomic mass is 10.2. The van der Waals surface area contributed by atoms with Crippen molar-refractivity contribution in [3.05, 3.63) is 28.2 Å². The molecule has 0 aliphatic rings. The highest BCUT2D eigenvalue weighted by Crippen LogP contribution is 2.28. The highest BCUT2D eigenvalue weighted by Gasteiger charge is 2.32. The van der Waals surface area contributed by atoms with Gasteiger partial charge in [-0.05, 0) is 24.6 Å². The van der Waals surface area contributed by atoms with Crippen molar-refractivity contribution < 1.29 is 18.3 Å². The van der Waals surface area contributed by atoms with Crippen LogP contribution in [0.4, 0.5) is 0 Å². The van der Waals surface area contributed by atoms with Crippen LogP contribution in [0, 0.1) is 0 Å². The van der Waals surface area contributed by atoms with E-state index in [0.717, 1.165) is 4.31 Å². The third-order valence-electron chi connectivity index (χ3n) is 2.66. The zero-order valence-corrected chi connectivity index (χ0v) is 12.6. The van der Waals surface area contributed by atoms with Gasteiger partial charge in [0, 0.05) is 12.1 Å². The highest BCUT2D eigenvalue weighted by atomic mass is 35.5. The zero-order valence-electron chi connectivity index (χ0n) is 10.3. The van der Waals surface area contributed by atoms with Crippen molar-refractivity contribution >= 4 is 39.2 Å². The highest BCUT2D eigenvalue weighted by molar-refractivity contribution is 7.89. The first-order valence-corrected chi connectivity index (χ1v) is 7.57. The Kier molecular flexibility index (Phi) is 5.20. The van der Waals surface area contributed by atoms with Crippen molar-refractivity contribution in [3.63, 3.8) is 0 Å². The molecule has 0 saturated heterocycles. The number of hydrogen-bond donors (Lipinski definition) is 1. The summed E-state index contributed by atoms with van der Waals surface area (Å²) in [5.74, 6) is -1.22. The van der Waals surface area contributed by atoms with Gasteiger partial charge in [0.2, 0.25) is 10.0 Å². The Balaban J connectivity index is 3.31. The molecule has 106 valence electrons. The predicted molar refractivity (Wildman–Crippen MR) is 73.1 cm³/mol. The Labute approximate surface area is 121 Å². The number of nitrogens with zero attached hydrogens (tertiary/aromatic N) is 1. The fourth-order valence-corrected chi connectivity index (χ4v) is 3.71. The van der Waals surface area contributed by atoms with E-state index in [9.17, 15) is 13.2 Å². The second-order valence-electron chi connectivity index (χ2n) is 3.86. The van der Waals surface area contributed by atoms with Crippen molar-refractivity contribution in [2.24, 2.45) is 0 Å². The van der Waals surface area contributed by atoms with E-state index in [2.05, 4.69) is 0 Å². The van der Waals surface area contributed by atoms with Crippen molar-refractivity contribution in [3.8, 4) is 0 Å². The Hall–Kier alpha value is -0.820. The van der Waals surface area contributed by atoms with Crippen LogP contribution in [-0.2, 0) is 14.8 Å². The molecule has 1 N–H and O–H groups in total. The molecular weight excluding hydrogens is 313 g/mol. The average Bonchev–Trinajstić information content (AvgIpc) is 2.32. The van der Waals surface area contributed by atoms with E-state index in [0.29, 0.717) is 0 Å². The molecule has 0 aromatic heterocycles. The van der Waals surface area contributed by atoms with Gasteiger partial charge >= 0.3 is 5.97 Å². The minimum atomic E-state index is -4.01. The zero-order chi connectivity index (χ0) is 14.8. The number of aliphatic carboxylic acids is 1. The SMILES string of the molecule is CCC(C(=O)O)N(C)S(=O)(=O)c1cc(Cl)ccc1Cl. The van der Waals surface area contributed by atoms with Gasteiger partial charge in [-0.2, -0.15) is 4.31 Å². The van der Waals surface area contributed by atoms with Crippen LogP contribution in [0.3, 0.4) is 0 Å². The van der Waals surface area contributed by atoms with Gasteiger partial charge in [-0.15, -0.1) is 0 Å². The number of benzene rings is 1. The maximum atomic E-state index is 12.3. The van der Waals surface area contributed by atoms with Crippen LogP contribution in [0.5, 0.6) is 0 Å². The van der Waals surface area contributed by atoms with Crippen LogP contribution >= 0.6 is 23.2 Å². The second-order valence-corrected chi connectivity index (χ2v) is 6.67. The van der Waals surface area contributed by atoms with Crippen LogP contribution in [0.1, 0.15) is 13.3 Å². The quantitative estimate of drug-likeness (QED) is 0.902. The number of halogens is 2. The van der Waals surface area contributed by atoms with Crippen molar-refractivity contribution in [1.29, 1.82) is 0 Å². The molecule has 1 aromatic rings. The third-order valence-corrected chi connectivity index (χ3v) is 5.24. The standard InChI is InChI=1S/C11H13Cl2NO4S/c1-3-9(11(15)16)14(2)19(17,18)10-6-7(12)4-5-8(10)13/h4-6,9H,3H2,1-2H3,(H,15,16). The number of carboxylic acids is 1. The van der Waals surface area contributed by atoms with Gasteiger partial charge in [-0.3, -0.25) is 4.79 Å². The molecule has 1 aromatic carbocycles. The van der Waals surface area contributed by atoms with E-state index < -0.39 is 22.0 Å². The Morgan fingerprint density at radius 2 is 2.00 bits per heavy atom. The first-order valence-electron chi connectivity index (χ1n) is 5.37. The summed E-state index contributed by atoms with van der Waals surface area (Å²) in [6.07, 6.45) is 0.142.